The smallest absolute Gasteiger partial charge is 0.319 e. The van der Waals surface area contributed by atoms with Crippen LogP contribution in [0.25, 0.3) is 0 Å². The summed E-state index contributed by atoms with van der Waals surface area (Å²) < 4.78 is 36.3. The monoisotopic (exact) mass is 611 g/mol. The minimum Gasteiger partial charge on any atom is -0.746 e. The third-order valence-corrected chi connectivity index (χ3v) is 8.72. The number of aryl methyl sites for hydroxylation is 1. The maximum atomic E-state index is 12.5. The Balaban J connectivity index is 1.54. The molecule has 0 aliphatic rings. The van der Waals surface area contributed by atoms with Crippen LogP contribution in [0.15, 0.2) is 36.0 Å². The number of unbranched alkanes of at least 4 members (excludes halogenated alkanes) is 13. The fourth-order valence-electron chi connectivity index (χ4n) is 4.76. The van der Waals surface area contributed by atoms with Gasteiger partial charge in [-0.15, -0.1) is 0 Å². The van der Waals surface area contributed by atoms with Crippen LogP contribution < -0.4 is 14.0 Å². The molecule has 2 aromatic rings. The lowest BCUT2D eigenvalue weighted by Crippen LogP contribution is -2.30. The van der Waals surface area contributed by atoms with Crippen molar-refractivity contribution in [2.24, 2.45) is 0 Å². The van der Waals surface area contributed by atoms with Crippen molar-refractivity contribution in [3.05, 3.63) is 46.4 Å². The van der Waals surface area contributed by atoms with E-state index in [2.05, 4.69) is 17.7 Å². The van der Waals surface area contributed by atoms with Gasteiger partial charge in [-0.25, -0.2) is 0 Å². The quantitative estimate of drug-likeness (QED) is 0.0607. The van der Waals surface area contributed by atoms with Crippen molar-refractivity contribution in [1.82, 2.24) is 0 Å². The van der Waals surface area contributed by atoms with E-state index in [-0.39, 0.29) is 12.4 Å². The van der Waals surface area contributed by atoms with Crippen molar-refractivity contribution < 1.29 is 32.5 Å². The van der Waals surface area contributed by atoms with Crippen LogP contribution in [0.5, 0.6) is 5.75 Å². The van der Waals surface area contributed by atoms with Crippen molar-refractivity contribution in [1.29, 1.82) is 0 Å². The predicted octanol–water partition coefficient (Wildman–Crippen LogP) is 8.16. The van der Waals surface area contributed by atoms with Gasteiger partial charge in [0.2, 0.25) is 5.51 Å². The number of hydrogen-bond donors (Lipinski definition) is 0. The second-order valence-corrected chi connectivity index (χ2v) is 13.3. The minimum atomic E-state index is -4.56. The molecule has 7 nitrogen and oxygen atoms in total. The standard InChI is InChI=1S/C32H54NO6PS/c1-4-6-7-8-9-10-11-12-13-14-15-16-17-18-22-36-26-32(37-5-2)27-38-40(34,35)39-31-21-19-20-30(23-31)25-33-24-29(3)41-28-33/h19-21,23-24,28,32H,4-18,22,25-27H2,1-3H3. The van der Waals surface area contributed by atoms with Crippen LogP contribution in [-0.4, -0.2) is 32.5 Å². The van der Waals surface area contributed by atoms with E-state index in [9.17, 15) is 9.46 Å². The van der Waals surface area contributed by atoms with Crippen molar-refractivity contribution in [2.45, 2.75) is 123 Å². The van der Waals surface area contributed by atoms with Crippen molar-refractivity contribution >= 4 is 19.2 Å². The molecule has 0 radical (unpaired) electrons. The lowest BCUT2D eigenvalue weighted by atomic mass is 10.0. The molecule has 2 unspecified atom stereocenters. The Morgan fingerprint density at radius 1 is 0.902 bits per heavy atom. The van der Waals surface area contributed by atoms with Crippen molar-refractivity contribution in [3.63, 3.8) is 0 Å². The van der Waals surface area contributed by atoms with Gasteiger partial charge in [0.25, 0.3) is 0 Å². The Morgan fingerprint density at radius 2 is 1.54 bits per heavy atom. The lowest BCUT2D eigenvalue weighted by molar-refractivity contribution is -0.683. The number of aromatic nitrogens is 1. The normalized spacial score (nSPS) is 13.8. The largest absolute Gasteiger partial charge is 0.746 e. The molecule has 0 saturated carbocycles. The highest BCUT2D eigenvalue weighted by Gasteiger charge is 2.17. The van der Waals surface area contributed by atoms with E-state index in [0.29, 0.717) is 26.4 Å². The number of nitrogens with zero attached hydrogens (tertiary/aromatic N) is 1. The average Bonchev–Trinajstić information content (AvgIpc) is 3.35. The van der Waals surface area contributed by atoms with E-state index in [1.54, 1.807) is 29.5 Å². The molecule has 1 heterocycles. The highest BCUT2D eigenvalue weighted by atomic mass is 32.1. The zero-order valence-electron chi connectivity index (χ0n) is 25.7. The predicted molar refractivity (Wildman–Crippen MR) is 166 cm³/mol. The molecular formula is C32H54NO6PS. The molecule has 0 bridgehead atoms. The van der Waals surface area contributed by atoms with Crippen molar-refractivity contribution in [2.75, 3.05) is 26.4 Å². The van der Waals surface area contributed by atoms with Gasteiger partial charge in [-0.2, -0.15) is 4.57 Å². The van der Waals surface area contributed by atoms with E-state index >= 15 is 0 Å². The summed E-state index contributed by atoms with van der Waals surface area (Å²) in [6.45, 7) is 8.05. The third kappa shape index (κ3) is 18.1. The Morgan fingerprint density at radius 3 is 2.12 bits per heavy atom. The first-order valence-corrected chi connectivity index (χ1v) is 18.1. The number of phosphoric ester groups is 1. The summed E-state index contributed by atoms with van der Waals surface area (Å²) in [4.78, 5) is 13.7. The average molecular weight is 612 g/mol. The molecule has 2 atom stereocenters. The van der Waals surface area contributed by atoms with Crippen LogP contribution in [0.1, 0.15) is 114 Å². The van der Waals surface area contributed by atoms with E-state index in [4.69, 9.17) is 18.5 Å². The molecule has 0 amide bonds. The number of rotatable bonds is 26. The van der Waals surface area contributed by atoms with Crippen LogP contribution >= 0.6 is 19.2 Å². The van der Waals surface area contributed by atoms with Gasteiger partial charge < -0.3 is 23.4 Å². The van der Waals surface area contributed by atoms with Crippen LogP contribution in [0, 0.1) is 6.92 Å². The highest BCUT2D eigenvalue weighted by molar-refractivity contribution is 7.46. The van der Waals surface area contributed by atoms with E-state index in [1.807, 2.05) is 25.4 Å². The fourth-order valence-corrected chi connectivity index (χ4v) is 6.17. The second-order valence-electron chi connectivity index (χ2n) is 10.9. The van der Waals surface area contributed by atoms with Crippen LogP contribution in [-0.2, 0) is 25.1 Å². The van der Waals surface area contributed by atoms with E-state index in [0.717, 1.165) is 18.4 Å². The molecule has 0 saturated heterocycles. The van der Waals surface area contributed by atoms with E-state index in [1.165, 1.54) is 81.9 Å². The first-order valence-electron chi connectivity index (χ1n) is 15.8. The Hall–Kier alpha value is -1.28. The van der Waals surface area contributed by atoms with Crippen LogP contribution in [0.4, 0.5) is 0 Å². The SMILES string of the molecule is CCCCCCCCCCCCCCCCOCC(COP(=O)([O-])Oc1cccc(C[n+]2csc(C)c2)c1)OCC. The van der Waals surface area contributed by atoms with Gasteiger partial charge in [-0.3, -0.25) is 4.57 Å². The number of hydrogen-bond acceptors (Lipinski definition) is 7. The van der Waals surface area contributed by atoms with Crippen LogP contribution in [0.2, 0.25) is 0 Å². The number of ether oxygens (including phenoxy) is 2. The first-order chi connectivity index (χ1) is 19.9. The minimum absolute atomic E-state index is 0.142. The molecule has 1 aromatic heterocycles. The summed E-state index contributed by atoms with van der Waals surface area (Å²) in [5.41, 5.74) is 2.97. The summed E-state index contributed by atoms with van der Waals surface area (Å²) in [6.07, 6.45) is 20.0. The first kappa shape index (κ1) is 35.9. The zero-order chi connectivity index (χ0) is 29.6. The van der Waals surface area contributed by atoms with Gasteiger partial charge in [0.15, 0.2) is 12.7 Å². The molecule has 0 aliphatic carbocycles. The van der Waals surface area contributed by atoms with Gasteiger partial charge in [0.05, 0.1) is 18.1 Å². The van der Waals surface area contributed by atoms with E-state index < -0.39 is 13.9 Å². The maximum absolute atomic E-state index is 12.5. The highest BCUT2D eigenvalue weighted by Crippen LogP contribution is 2.39. The Kier molecular flexibility index (Phi) is 19.5. The van der Waals surface area contributed by atoms with Gasteiger partial charge in [-0.05, 0) is 32.4 Å². The fraction of sp³-hybridized carbons (Fsp3) is 0.719. The topological polar surface area (TPSA) is 80.9 Å². The lowest BCUT2D eigenvalue weighted by Gasteiger charge is -2.26. The summed E-state index contributed by atoms with van der Waals surface area (Å²) >= 11 is 1.66. The number of benzene rings is 1. The van der Waals surface area contributed by atoms with Crippen molar-refractivity contribution in [3.8, 4) is 5.75 Å². The molecule has 2 rings (SSSR count). The second kappa shape index (κ2) is 22.3. The summed E-state index contributed by atoms with van der Waals surface area (Å²) in [6, 6.07) is 7.04. The molecule has 1 aromatic carbocycles. The molecule has 0 N–H and O–H groups in total. The zero-order valence-corrected chi connectivity index (χ0v) is 27.4. The van der Waals surface area contributed by atoms with Gasteiger partial charge >= 0.3 is 7.82 Å². The van der Waals surface area contributed by atoms with Gasteiger partial charge in [0.1, 0.15) is 11.9 Å². The summed E-state index contributed by atoms with van der Waals surface area (Å²) in [5.74, 6) is 0.232. The number of phosphoric acid groups is 1. The molecule has 9 heteroatoms. The summed E-state index contributed by atoms with van der Waals surface area (Å²) in [5, 5.41) is 0. The maximum Gasteiger partial charge on any atom is 0.319 e. The number of thiazole rings is 1. The molecule has 234 valence electrons. The Labute approximate surface area is 253 Å². The molecule has 0 aliphatic heterocycles. The Bertz CT molecular complexity index is 971. The van der Waals surface area contributed by atoms with Crippen LogP contribution in [0.3, 0.4) is 0 Å². The van der Waals surface area contributed by atoms with Gasteiger partial charge in [0, 0.05) is 18.8 Å². The molecule has 41 heavy (non-hydrogen) atoms. The molecule has 0 fully saturated rings. The third-order valence-electron chi connectivity index (χ3n) is 6.97. The summed E-state index contributed by atoms with van der Waals surface area (Å²) in [7, 11) is -4.56. The van der Waals surface area contributed by atoms with Gasteiger partial charge in [-0.1, -0.05) is 114 Å². The molecule has 0 spiro atoms. The molecular weight excluding hydrogens is 557 g/mol.